The number of imidazole rings is 1. The number of rotatable bonds is 4. The van der Waals surface area contributed by atoms with Gasteiger partial charge >= 0.3 is 121 Å². The Balaban J connectivity index is 0.00000106. The first-order valence-electron chi connectivity index (χ1n) is 7.60. The van der Waals surface area contributed by atoms with Crippen LogP contribution in [0.5, 0.6) is 0 Å². The van der Waals surface area contributed by atoms with Gasteiger partial charge in [0.2, 0.25) is 6.33 Å². The third-order valence-corrected chi connectivity index (χ3v) is 8.37. The molecule has 0 aliphatic rings. The second kappa shape index (κ2) is 7.44. The van der Waals surface area contributed by atoms with Crippen LogP contribution < -0.4 is 4.57 Å². The third kappa shape index (κ3) is 3.69. The van der Waals surface area contributed by atoms with Crippen molar-refractivity contribution >= 4 is 6.88 Å². The molecule has 0 saturated carbocycles. The topological polar surface area (TPSA) is 8.81 Å². The van der Waals surface area contributed by atoms with Crippen LogP contribution in [0.25, 0.3) is 0 Å². The summed E-state index contributed by atoms with van der Waals surface area (Å²) >= 11 is 0. The average molecular weight is 556 g/mol. The Morgan fingerprint density at radius 2 is 0.909 bits per heavy atom. The Hall–Kier alpha value is -1.62. The number of aryl methyl sites for hydroxylation is 2. The minimum absolute atomic E-state index is 1.06. The van der Waals surface area contributed by atoms with Gasteiger partial charge in [-0.15, -0.1) is 0 Å². The monoisotopic (exact) mass is 556 g/mol. The maximum absolute atomic E-state index is 15.0. The quantitative estimate of drug-likeness (QED) is 0.206. The van der Waals surface area contributed by atoms with Crippen molar-refractivity contribution < 1.29 is 83.0 Å². The van der Waals surface area contributed by atoms with E-state index < -0.39 is 42.4 Å². The van der Waals surface area contributed by atoms with Crippen molar-refractivity contribution in [2.45, 2.75) is 49.0 Å². The summed E-state index contributed by atoms with van der Waals surface area (Å²) in [7, 11) is 2.02. The van der Waals surface area contributed by atoms with Crippen LogP contribution >= 0.6 is 6.88 Å². The van der Waals surface area contributed by atoms with E-state index in [0.29, 0.717) is 0 Å². The molecule has 0 atom stereocenters. The molecule has 0 bridgehead atoms. The summed E-state index contributed by atoms with van der Waals surface area (Å²) in [6, 6.07) is 0. The van der Waals surface area contributed by atoms with Gasteiger partial charge in [0.25, 0.3) is 0 Å². The number of aromatic nitrogens is 2. The van der Waals surface area contributed by atoms with Crippen LogP contribution in [0.4, 0.5) is 78.4 Å². The predicted molar refractivity (Wildman–Crippen MR) is 74.5 cm³/mol. The van der Waals surface area contributed by atoms with Gasteiger partial charge in [-0.05, 0) is 6.92 Å². The van der Waals surface area contributed by atoms with E-state index in [4.69, 9.17) is 0 Å². The van der Waals surface area contributed by atoms with Crippen molar-refractivity contribution in [1.29, 1.82) is 0 Å². The Morgan fingerprint density at radius 3 is 1.03 bits per heavy atom. The second-order valence-electron chi connectivity index (χ2n) is 6.31. The Morgan fingerprint density at radius 1 is 0.636 bits per heavy atom. The first-order chi connectivity index (χ1) is 13.9. The minimum atomic E-state index is -15.0. The van der Waals surface area contributed by atoms with Crippen LogP contribution in [0, 0.1) is 0 Å². The van der Waals surface area contributed by atoms with E-state index in [-0.39, 0.29) is 0 Å². The summed E-state index contributed by atoms with van der Waals surface area (Å²) in [4.78, 5) is 0. The van der Waals surface area contributed by atoms with E-state index >= 15 is 0 Å². The van der Waals surface area contributed by atoms with E-state index in [1.165, 1.54) is 0 Å². The summed E-state index contributed by atoms with van der Waals surface area (Å²) < 4.78 is 227. The second-order valence-corrected chi connectivity index (χ2v) is 10.6. The van der Waals surface area contributed by atoms with Crippen molar-refractivity contribution in [2.24, 2.45) is 7.05 Å². The van der Waals surface area contributed by atoms with E-state index in [2.05, 4.69) is 24.0 Å². The number of halogens is 18. The Labute approximate surface area is 170 Å². The molecule has 0 aromatic carbocycles. The molecule has 0 aliphatic heterocycles. The molecule has 0 unspecified atom stereocenters. The molecule has 200 valence electrons. The molecule has 1 rings (SSSR count). The number of hydrogen-bond donors (Lipinski definition) is 0. The molecule has 0 amide bonds. The van der Waals surface area contributed by atoms with Crippen LogP contribution in [0.2, 0.25) is 0 Å². The van der Waals surface area contributed by atoms with Crippen molar-refractivity contribution in [3.05, 3.63) is 18.7 Å². The van der Waals surface area contributed by atoms with Gasteiger partial charge in [-0.2, -0.15) is 0 Å². The van der Waals surface area contributed by atoms with Gasteiger partial charge in [0.1, 0.15) is 12.4 Å². The number of hydrogen-bond acceptors (Lipinski definition) is 0. The van der Waals surface area contributed by atoms with E-state index in [1.807, 2.05) is 17.8 Å². The molecule has 0 spiro atoms. The first kappa shape index (κ1) is 31.4. The zero-order valence-corrected chi connectivity index (χ0v) is 16.5. The molecule has 21 heteroatoms. The van der Waals surface area contributed by atoms with Gasteiger partial charge < -0.3 is 0 Å². The fourth-order valence-electron chi connectivity index (χ4n) is 2.03. The predicted octanol–water partition coefficient (Wildman–Crippen LogP) is 7.53. The molecule has 2 nitrogen and oxygen atoms in total. The normalized spacial score (nSPS) is 17.1. The molecule has 1 aromatic heterocycles. The van der Waals surface area contributed by atoms with Crippen LogP contribution in [0.15, 0.2) is 18.7 Å². The first-order valence-corrected chi connectivity index (χ1v) is 9.96. The fraction of sp³-hybridized carbons (Fsp3) is 0.750. The van der Waals surface area contributed by atoms with Gasteiger partial charge in [-0.3, -0.25) is 0 Å². The van der Waals surface area contributed by atoms with Crippen LogP contribution in [0.3, 0.4) is 0 Å². The van der Waals surface area contributed by atoms with Gasteiger partial charge in [0, 0.05) is 0 Å². The zero-order valence-electron chi connectivity index (χ0n) is 15.6. The van der Waals surface area contributed by atoms with Gasteiger partial charge in [-0.25, -0.2) is 9.13 Å². The van der Waals surface area contributed by atoms with Crippen LogP contribution in [-0.2, 0) is 13.6 Å². The molecule has 33 heavy (non-hydrogen) atoms. The van der Waals surface area contributed by atoms with Crippen molar-refractivity contribution in [3.8, 4) is 0 Å². The van der Waals surface area contributed by atoms with E-state index in [0.717, 1.165) is 6.54 Å². The third-order valence-electron chi connectivity index (χ3n) is 4.01. The van der Waals surface area contributed by atoms with Crippen molar-refractivity contribution in [1.82, 2.24) is 4.57 Å². The zero-order chi connectivity index (χ0) is 27.4. The standard InChI is InChI=1S/C6F18P.C6H11N2/c7-1(8,9)4(16,17)25(22,23,24,5(18,19)2(10,11)12)6(20,21)3(13,14)15;1-3-8-5-4-7(2)6-8/h;4-6H,3H2,1-2H3/q-1;+1. The molecule has 1 heterocycles. The van der Waals surface area contributed by atoms with Crippen molar-refractivity contribution in [3.63, 3.8) is 0 Å². The van der Waals surface area contributed by atoms with Crippen LogP contribution in [0.1, 0.15) is 6.92 Å². The molecule has 0 fully saturated rings. The van der Waals surface area contributed by atoms with E-state index in [9.17, 15) is 78.4 Å². The Bertz CT molecular complexity index is 772. The summed E-state index contributed by atoms with van der Waals surface area (Å²) in [6.07, 6.45) is -20.0. The average Bonchev–Trinajstić information content (AvgIpc) is 2.97. The molecule has 0 radical (unpaired) electrons. The van der Waals surface area contributed by atoms with Crippen molar-refractivity contribution in [2.75, 3.05) is 0 Å². The van der Waals surface area contributed by atoms with Gasteiger partial charge in [-0.1, -0.05) is 0 Å². The summed E-state index contributed by atoms with van der Waals surface area (Å²) in [5, 5.41) is 0. The van der Waals surface area contributed by atoms with Gasteiger partial charge in [0.15, 0.2) is 0 Å². The molecule has 1 aromatic rings. The maximum atomic E-state index is 13.4. The molecule has 0 saturated heterocycles. The summed E-state index contributed by atoms with van der Waals surface area (Å²) in [6.45, 7) is -11.8. The van der Waals surface area contributed by atoms with E-state index in [1.54, 1.807) is 0 Å². The summed E-state index contributed by atoms with van der Waals surface area (Å²) in [5.41, 5.74) is -29.3. The molecule has 0 aliphatic carbocycles. The fourth-order valence-corrected chi connectivity index (χ4v) is 4.71. The molecular weight excluding hydrogens is 545 g/mol. The van der Waals surface area contributed by atoms with Gasteiger partial charge in [0.05, 0.1) is 13.6 Å². The van der Waals surface area contributed by atoms with Crippen LogP contribution in [-0.4, -0.2) is 40.1 Å². The number of alkyl halides is 15. The summed E-state index contributed by atoms with van der Waals surface area (Å²) in [5.74, 6) is 0. The molecular formula is C12H11F18N2P. The molecule has 0 N–H and O–H groups in total. The SMILES string of the molecule is CCn1cc[n+](C)c1.FC(F)(F)C(F)(F)[P-](F)(F)(F)(C(F)(F)C(F)(F)F)C(F)(F)C(F)(F)F. The number of nitrogens with zero attached hydrogens (tertiary/aromatic N) is 2. The Kier molecular flexibility index (Phi) is 7.07.